The Bertz CT molecular complexity index is 853. The molecule has 2 aromatic rings. The molecular formula is C23H30N2O3. The Labute approximate surface area is 167 Å². The van der Waals surface area contributed by atoms with Crippen LogP contribution in [0.1, 0.15) is 55.6 Å². The minimum Gasteiger partial charge on any atom is -0.481 e. The Morgan fingerprint density at radius 3 is 2.32 bits per heavy atom. The Hall–Kier alpha value is -2.82. The summed E-state index contributed by atoms with van der Waals surface area (Å²) in [5.41, 5.74) is 2.80. The lowest BCUT2D eigenvalue weighted by atomic mass is 10.1. The Morgan fingerprint density at radius 1 is 1.04 bits per heavy atom. The van der Waals surface area contributed by atoms with Gasteiger partial charge in [0.25, 0.3) is 11.8 Å². The maximum atomic E-state index is 12.8. The third-order valence-electron chi connectivity index (χ3n) is 4.34. The Morgan fingerprint density at radius 2 is 1.71 bits per heavy atom. The summed E-state index contributed by atoms with van der Waals surface area (Å²) in [7, 11) is 0. The molecule has 0 saturated carbocycles. The smallest absolute Gasteiger partial charge is 0.265 e. The van der Waals surface area contributed by atoms with E-state index >= 15 is 0 Å². The number of amides is 2. The molecule has 0 spiro atoms. The monoisotopic (exact) mass is 382 g/mol. The van der Waals surface area contributed by atoms with E-state index in [0.717, 1.165) is 5.56 Å². The van der Waals surface area contributed by atoms with Gasteiger partial charge >= 0.3 is 0 Å². The largest absolute Gasteiger partial charge is 0.481 e. The highest BCUT2D eigenvalue weighted by Gasteiger charge is 2.22. The van der Waals surface area contributed by atoms with E-state index in [9.17, 15) is 9.59 Å². The first-order valence-corrected chi connectivity index (χ1v) is 9.57. The Kier molecular flexibility index (Phi) is 6.84. The first-order valence-electron chi connectivity index (χ1n) is 9.57. The van der Waals surface area contributed by atoms with Crippen molar-refractivity contribution in [2.45, 2.75) is 59.6 Å². The normalized spacial score (nSPS) is 12.2. The van der Waals surface area contributed by atoms with Crippen LogP contribution in [-0.2, 0) is 4.79 Å². The van der Waals surface area contributed by atoms with Gasteiger partial charge in [-0.3, -0.25) is 9.59 Å². The molecule has 0 aliphatic heterocycles. The lowest BCUT2D eigenvalue weighted by Crippen LogP contribution is -2.41. The zero-order valence-electron chi connectivity index (χ0n) is 17.6. The molecule has 0 heterocycles. The number of para-hydroxylation sites is 1. The van der Waals surface area contributed by atoms with Crippen LogP contribution in [0, 0.1) is 13.8 Å². The van der Waals surface area contributed by atoms with E-state index < -0.39 is 6.10 Å². The summed E-state index contributed by atoms with van der Waals surface area (Å²) in [5.74, 6) is 0.145. The molecule has 5 nitrogen and oxygen atoms in total. The molecule has 0 aromatic heterocycles. The fourth-order valence-corrected chi connectivity index (χ4v) is 2.69. The number of carbonyl (C=O) groups excluding carboxylic acids is 2. The van der Waals surface area contributed by atoms with Crippen LogP contribution in [0.25, 0.3) is 0 Å². The molecule has 5 heteroatoms. The number of anilines is 1. The molecule has 0 unspecified atom stereocenters. The zero-order chi connectivity index (χ0) is 20.9. The van der Waals surface area contributed by atoms with Crippen LogP contribution in [0.4, 0.5) is 5.69 Å². The third kappa shape index (κ3) is 5.84. The Balaban J connectivity index is 2.16. The van der Waals surface area contributed by atoms with Crippen LogP contribution in [-0.4, -0.2) is 23.5 Å². The van der Waals surface area contributed by atoms with E-state index in [-0.39, 0.29) is 17.4 Å². The van der Waals surface area contributed by atoms with Crippen molar-refractivity contribution in [2.75, 3.05) is 5.32 Å². The molecule has 0 fully saturated rings. The van der Waals surface area contributed by atoms with Gasteiger partial charge in [0.05, 0.1) is 11.3 Å². The minimum absolute atomic E-state index is 0.230. The van der Waals surface area contributed by atoms with Crippen molar-refractivity contribution in [1.82, 2.24) is 5.32 Å². The van der Waals surface area contributed by atoms with Gasteiger partial charge in [0.2, 0.25) is 0 Å². The summed E-state index contributed by atoms with van der Waals surface area (Å²) < 4.78 is 5.90. The average molecular weight is 383 g/mol. The summed E-state index contributed by atoms with van der Waals surface area (Å²) in [6.45, 7) is 11.7. The average Bonchev–Trinajstić information content (AvgIpc) is 2.61. The van der Waals surface area contributed by atoms with Crippen LogP contribution in [0.3, 0.4) is 0 Å². The second-order valence-electron chi connectivity index (χ2n) is 8.00. The number of hydrogen-bond acceptors (Lipinski definition) is 3. The first-order chi connectivity index (χ1) is 13.1. The zero-order valence-corrected chi connectivity index (χ0v) is 17.6. The van der Waals surface area contributed by atoms with Gasteiger partial charge < -0.3 is 15.4 Å². The summed E-state index contributed by atoms with van der Waals surface area (Å²) in [5, 5.41) is 5.77. The standard InChI is InChI=1S/C23H30N2O3/c1-7-20(28-17-13-12-15(2)16(3)14-17)22(27)24-19-11-9-8-10-18(19)21(26)25-23(4,5)6/h8-14,20H,7H2,1-6H3,(H,24,27)(H,25,26)/t20-/m0/s1. The second-order valence-corrected chi connectivity index (χ2v) is 8.00. The van der Waals surface area contributed by atoms with E-state index in [1.807, 2.05) is 59.7 Å². The number of benzene rings is 2. The topological polar surface area (TPSA) is 67.4 Å². The van der Waals surface area contributed by atoms with Gasteiger partial charge in [0.15, 0.2) is 6.10 Å². The van der Waals surface area contributed by atoms with E-state index in [0.29, 0.717) is 23.4 Å². The quantitative estimate of drug-likeness (QED) is 0.765. The number of carbonyl (C=O) groups is 2. The van der Waals surface area contributed by atoms with Gasteiger partial charge in [-0.2, -0.15) is 0 Å². The number of aryl methyl sites for hydroxylation is 2. The van der Waals surface area contributed by atoms with Gasteiger partial charge in [0.1, 0.15) is 5.75 Å². The third-order valence-corrected chi connectivity index (χ3v) is 4.34. The lowest BCUT2D eigenvalue weighted by molar-refractivity contribution is -0.122. The van der Waals surface area contributed by atoms with Crippen molar-refractivity contribution >= 4 is 17.5 Å². The predicted molar refractivity (Wildman–Crippen MR) is 113 cm³/mol. The van der Waals surface area contributed by atoms with Crippen LogP contribution < -0.4 is 15.4 Å². The number of rotatable bonds is 6. The number of nitrogens with one attached hydrogen (secondary N) is 2. The molecule has 0 radical (unpaired) electrons. The SMILES string of the molecule is CC[C@H](Oc1ccc(C)c(C)c1)C(=O)Nc1ccccc1C(=O)NC(C)(C)C. The predicted octanol–water partition coefficient (Wildman–Crippen LogP) is 4.63. The van der Waals surface area contributed by atoms with E-state index in [2.05, 4.69) is 10.6 Å². The molecule has 2 rings (SSSR count). The second kappa shape index (κ2) is 8.91. The summed E-state index contributed by atoms with van der Waals surface area (Å²) in [4.78, 5) is 25.4. The van der Waals surface area contributed by atoms with Gasteiger partial charge in [-0.05, 0) is 76.4 Å². The molecule has 2 amide bonds. The molecule has 0 aliphatic carbocycles. The highest BCUT2D eigenvalue weighted by molar-refractivity contribution is 6.04. The minimum atomic E-state index is -0.652. The molecule has 2 aromatic carbocycles. The van der Waals surface area contributed by atoms with Crippen molar-refractivity contribution in [1.29, 1.82) is 0 Å². The molecule has 0 aliphatic rings. The fourth-order valence-electron chi connectivity index (χ4n) is 2.69. The highest BCUT2D eigenvalue weighted by Crippen LogP contribution is 2.21. The maximum absolute atomic E-state index is 12.8. The number of ether oxygens (including phenoxy) is 1. The van der Waals surface area contributed by atoms with Crippen molar-refractivity contribution in [3.05, 3.63) is 59.2 Å². The first kappa shape index (κ1) is 21.5. The summed E-state index contributed by atoms with van der Waals surface area (Å²) >= 11 is 0. The molecule has 0 bridgehead atoms. The van der Waals surface area contributed by atoms with Gasteiger partial charge in [0, 0.05) is 5.54 Å². The molecule has 2 N–H and O–H groups in total. The fraction of sp³-hybridized carbons (Fsp3) is 0.391. The number of hydrogen-bond donors (Lipinski definition) is 2. The summed E-state index contributed by atoms with van der Waals surface area (Å²) in [6.07, 6.45) is -0.143. The molecule has 1 atom stereocenters. The molecule has 28 heavy (non-hydrogen) atoms. The van der Waals surface area contributed by atoms with Gasteiger partial charge in [-0.15, -0.1) is 0 Å². The van der Waals surface area contributed by atoms with Gasteiger partial charge in [-0.1, -0.05) is 25.1 Å². The maximum Gasteiger partial charge on any atom is 0.265 e. The van der Waals surface area contributed by atoms with Crippen molar-refractivity contribution in [3.63, 3.8) is 0 Å². The van der Waals surface area contributed by atoms with E-state index in [1.165, 1.54) is 5.56 Å². The van der Waals surface area contributed by atoms with Crippen molar-refractivity contribution < 1.29 is 14.3 Å². The van der Waals surface area contributed by atoms with Crippen molar-refractivity contribution in [2.24, 2.45) is 0 Å². The van der Waals surface area contributed by atoms with Gasteiger partial charge in [-0.25, -0.2) is 0 Å². The molecular weight excluding hydrogens is 352 g/mol. The van der Waals surface area contributed by atoms with E-state index in [1.54, 1.807) is 24.3 Å². The molecule has 0 saturated heterocycles. The summed E-state index contributed by atoms with van der Waals surface area (Å²) in [6, 6.07) is 12.7. The van der Waals surface area contributed by atoms with Crippen LogP contribution in [0.2, 0.25) is 0 Å². The van der Waals surface area contributed by atoms with Crippen molar-refractivity contribution in [3.8, 4) is 5.75 Å². The van der Waals surface area contributed by atoms with E-state index in [4.69, 9.17) is 4.74 Å². The van der Waals surface area contributed by atoms with Crippen LogP contribution >= 0.6 is 0 Å². The lowest BCUT2D eigenvalue weighted by Gasteiger charge is -2.22. The van der Waals surface area contributed by atoms with Crippen LogP contribution in [0.15, 0.2) is 42.5 Å². The molecule has 150 valence electrons. The highest BCUT2D eigenvalue weighted by atomic mass is 16.5. The van der Waals surface area contributed by atoms with Crippen LogP contribution in [0.5, 0.6) is 5.75 Å².